The Kier molecular flexibility index (Phi) is 5.28. The second kappa shape index (κ2) is 7.60. The van der Waals surface area contributed by atoms with Crippen LogP contribution in [0.5, 0.6) is 0 Å². The van der Waals surface area contributed by atoms with Gasteiger partial charge in [0.25, 0.3) is 5.91 Å². The molecule has 1 saturated carbocycles. The summed E-state index contributed by atoms with van der Waals surface area (Å²) in [5.41, 5.74) is 5.79. The predicted octanol–water partition coefficient (Wildman–Crippen LogP) is 2.31. The monoisotopic (exact) mass is 361 g/mol. The average Bonchev–Trinajstić information content (AvgIpc) is 3.03. The minimum absolute atomic E-state index is 0.00199. The number of primary amides is 1. The first kappa shape index (κ1) is 17.3. The van der Waals surface area contributed by atoms with Crippen molar-refractivity contribution < 1.29 is 19.1 Å². The summed E-state index contributed by atoms with van der Waals surface area (Å²) in [6, 6.07) is 6.91. The van der Waals surface area contributed by atoms with E-state index in [4.69, 9.17) is 10.5 Å². The summed E-state index contributed by atoms with van der Waals surface area (Å²) in [5, 5.41) is 2.81. The number of amides is 3. The van der Waals surface area contributed by atoms with E-state index in [1.165, 1.54) is 0 Å². The van der Waals surface area contributed by atoms with E-state index in [1.807, 2.05) is 29.6 Å². The Morgan fingerprint density at radius 2 is 2.00 bits per heavy atom. The molecule has 2 aromatic rings. The van der Waals surface area contributed by atoms with Gasteiger partial charge in [0.05, 0.1) is 21.1 Å². The first-order valence-electron chi connectivity index (χ1n) is 8.16. The van der Waals surface area contributed by atoms with Gasteiger partial charge in [-0.05, 0) is 25.0 Å². The lowest BCUT2D eigenvalue weighted by Gasteiger charge is -2.28. The number of benzene rings is 1. The van der Waals surface area contributed by atoms with Crippen LogP contribution in [-0.2, 0) is 14.3 Å². The highest BCUT2D eigenvalue weighted by molar-refractivity contribution is 7.18. The van der Waals surface area contributed by atoms with Crippen LogP contribution in [0.25, 0.3) is 10.2 Å². The molecule has 1 aromatic carbocycles. The Balaban J connectivity index is 1.71. The number of nitrogens with two attached hydrogens (primary N) is 1. The summed E-state index contributed by atoms with van der Waals surface area (Å²) in [6.07, 6.45) is 3.55. The number of thiazole rings is 1. The zero-order chi connectivity index (χ0) is 17.8. The van der Waals surface area contributed by atoms with Crippen LogP contribution in [0.4, 0.5) is 4.79 Å². The van der Waals surface area contributed by atoms with Gasteiger partial charge in [0.15, 0.2) is 6.61 Å². The highest BCUT2D eigenvalue weighted by Gasteiger charge is 2.35. The number of nitrogens with zero attached hydrogens (tertiary/aromatic N) is 1. The van der Waals surface area contributed by atoms with Crippen LogP contribution in [0.15, 0.2) is 24.3 Å². The molecule has 0 spiro atoms. The Bertz CT molecular complexity index is 771. The summed E-state index contributed by atoms with van der Waals surface area (Å²) < 4.78 is 6.18. The molecule has 1 aromatic heterocycles. The van der Waals surface area contributed by atoms with Crippen molar-refractivity contribution in [3.63, 3.8) is 0 Å². The quantitative estimate of drug-likeness (QED) is 0.812. The van der Waals surface area contributed by atoms with E-state index in [2.05, 4.69) is 4.98 Å². The first-order chi connectivity index (χ1) is 12.0. The average molecular weight is 361 g/mol. The third-order valence-electron chi connectivity index (χ3n) is 4.30. The van der Waals surface area contributed by atoms with Crippen molar-refractivity contribution in [1.82, 2.24) is 10.3 Å². The summed E-state index contributed by atoms with van der Waals surface area (Å²) in [5.74, 6) is -1.48. The molecule has 3 amide bonds. The second-order valence-corrected chi connectivity index (χ2v) is 7.10. The number of hydrogen-bond donors (Lipinski definition) is 2. The van der Waals surface area contributed by atoms with Gasteiger partial charge in [-0.25, -0.2) is 9.78 Å². The number of imide groups is 1. The van der Waals surface area contributed by atoms with Crippen molar-refractivity contribution in [1.29, 1.82) is 0 Å². The second-order valence-electron chi connectivity index (χ2n) is 6.04. The van der Waals surface area contributed by atoms with Gasteiger partial charge in [0.2, 0.25) is 0 Å². The summed E-state index contributed by atoms with van der Waals surface area (Å²) in [7, 11) is 0. The Hall–Kier alpha value is -2.48. The minimum Gasteiger partial charge on any atom is -0.455 e. The van der Waals surface area contributed by atoms with Gasteiger partial charge in [0.1, 0.15) is 0 Å². The van der Waals surface area contributed by atoms with Gasteiger partial charge in [-0.3, -0.25) is 14.9 Å². The van der Waals surface area contributed by atoms with Crippen molar-refractivity contribution in [2.75, 3.05) is 6.61 Å². The highest BCUT2D eigenvalue weighted by Crippen LogP contribution is 2.41. The molecule has 1 heterocycles. The van der Waals surface area contributed by atoms with Gasteiger partial charge in [-0.2, -0.15) is 0 Å². The molecule has 0 unspecified atom stereocenters. The summed E-state index contributed by atoms with van der Waals surface area (Å²) in [4.78, 5) is 39.2. The Morgan fingerprint density at radius 1 is 1.24 bits per heavy atom. The van der Waals surface area contributed by atoms with Gasteiger partial charge >= 0.3 is 12.0 Å². The molecule has 3 N–H and O–H groups in total. The fourth-order valence-corrected chi connectivity index (χ4v) is 4.34. The molecule has 1 fully saturated rings. The number of fused-ring (bicyclic) bond motifs is 1. The third-order valence-corrected chi connectivity index (χ3v) is 5.47. The van der Waals surface area contributed by atoms with Crippen LogP contribution >= 0.6 is 11.3 Å². The molecule has 8 heteroatoms. The predicted molar refractivity (Wildman–Crippen MR) is 93.0 cm³/mol. The number of nitrogens with one attached hydrogen (secondary N) is 1. The van der Waals surface area contributed by atoms with Crippen molar-refractivity contribution >= 4 is 39.5 Å². The third kappa shape index (κ3) is 4.14. The van der Waals surface area contributed by atoms with Crippen molar-refractivity contribution in [3.8, 4) is 0 Å². The Morgan fingerprint density at radius 3 is 2.76 bits per heavy atom. The number of para-hydroxylation sites is 1. The standard InChI is InChI=1S/C17H19N3O4S/c18-17(23)20-14(21)9-24-16(22)11-6-2-1-5-10(11)15-19-12-7-3-4-8-13(12)25-15/h3-4,7-8,10-11H,1-2,5-6,9H2,(H3,18,20,21,23)/t10-,11+/m1/s1. The van der Waals surface area contributed by atoms with Gasteiger partial charge in [-0.1, -0.05) is 25.0 Å². The van der Waals surface area contributed by atoms with E-state index < -0.39 is 24.5 Å². The molecule has 0 saturated heterocycles. The maximum Gasteiger partial charge on any atom is 0.318 e. The molecule has 25 heavy (non-hydrogen) atoms. The van der Waals surface area contributed by atoms with Crippen LogP contribution in [0.3, 0.4) is 0 Å². The lowest BCUT2D eigenvalue weighted by atomic mass is 9.79. The lowest BCUT2D eigenvalue weighted by molar-refractivity contribution is -0.154. The molecule has 1 aliphatic carbocycles. The molecule has 2 atom stereocenters. The number of hydrogen-bond acceptors (Lipinski definition) is 6. The van der Waals surface area contributed by atoms with Gasteiger partial charge in [-0.15, -0.1) is 11.3 Å². The maximum atomic E-state index is 12.4. The van der Waals surface area contributed by atoms with Crippen LogP contribution in [0.1, 0.15) is 36.6 Å². The number of carbonyl (C=O) groups is 3. The highest BCUT2D eigenvalue weighted by atomic mass is 32.1. The minimum atomic E-state index is -0.967. The molecular formula is C17H19N3O4S. The van der Waals surface area contributed by atoms with Gasteiger partial charge < -0.3 is 10.5 Å². The molecule has 0 radical (unpaired) electrons. The zero-order valence-electron chi connectivity index (χ0n) is 13.6. The topological polar surface area (TPSA) is 111 Å². The normalized spacial score (nSPS) is 20.2. The number of rotatable bonds is 4. The lowest BCUT2D eigenvalue weighted by Crippen LogP contribution is -2.38. The summed E-state index contributed by atoms with van der Waals surface area (Å²) >= 11 is 1.60. The number of ether oxygens (including phenoxy) is 1. The first-order valence-corrected chi connectivity index (χ1v) is 8.97. The fourth-order valence-electron chi connectivity index (χ4n) is 3.17. The van der Waals surface area contributed by atoms with Crippen LogP contribution in [0, 0.1) is 5.92 Å². The Labute approximate surface area is 148 Å². The molecule has 3 rings (SSSR count). The fraction of sp³-hybridized carbons (Fsp3) is 0.412. The van der Waals surface area contributed by atoms with Crippen LogP contribution in [0.2, 0.25) is 0 Å². The van der Waals surface area contributed by atoms with Crippen LogP contribution < -0.4 is 11.1 Å². The number of aromatic nitrogens is 1. The van der Waals surface area contributed by atoms with Crippen molar-refractivity contribution in [2.45, 2.75) is 31.6 Å². The van der Waals surface area contributed by atoms with Crippen molar-refractivity contribution in [3.05, 3.63) is 29.3 Å². The van der Waals surface area contributed by atoms with E-state index in [9.17, 15) is 14.4 Å². The van der Waals surface area contributed by atoms with Crippen LogP contribution in [-0.4, -0.2) is 29.5 Å². The smallest absolute Gasteiger partial charge is 0.318 e. The number of carbonyl (C=O) groups excluding carboxylic acids is 3. The molecule has 132 valence electrons. The largest absolute Gasteiger partial charge is 0.455 e. The molecule has 0 aliphatic heterocycles. The molecule has 1 aliphatic rings. The van der Waals surface area contributed by atoms with E-state index in [-0.39, 0.29) is 11.8 Å². The maximum absolute atomic E-state index is 12.4. The zero-order valence-corrected chi connectivity index (χ0v) is 14.4. The molecule has 7 nitrogen and oxygen atoms in total. The van der Waals surface area contributed by atoms with E-state index in [1.54, 1.807) is 11.3 Å². The van der Waals surface area contributed by atoms with E-state index in [0.717, 1.165) is 34.5 Å². The van der Waals surface area contributed by atoms with E-state index in [0.29, 0.717) is 6.42 Å². The molecule has 0 bridgehead atoms. The van der Waals surface area contributed by atoms with Gasteiger partial charge in [0, 0.05) is 5.92 Å². The summed E-state index contributed by atoms with van der Waals surface area (Å²) in [6.45, 7) is -0.509. The number of esters is 1. The number of urea groups is 1. The molecular weight excluding hydrogens is 342 g/mol. The van der Waals surface area contributed by atoms with Crippen molar-refractivity contribution in [2.24, 2.45) is 11.7 Å². The SMILES string of the molecule is NC(=O)NC(=O)COC(=O)[C@H]1CCCC[C@H]1c1nc2ccccc2s1. The van der Waals surface area contributed by atoms with E-state index >= 15 is 0 Å².